The lowest BCUT2D eigenvalue weighted by molar-refractivity contribution is -0.140. The van der Waals surface area contributed by atoms with Gasteiger partial charge in [-0.3, -0.25) is 0 Å². The highest BCUT2D eigenvalue weighted by Crippen LogP contribution is 1.79. The van der Waals surface area contributed by atoms with E-state index in [1.54, 1.807) is 0 Å². The summed E-state index contributed by atoms with van der Waals surface area (Å²) in [5.41, 5.74) is 0. The Morgan fingerprint density at radius 1 is 1.00 bits per heavy atom. The van der Waals surface area contributed by atoms with Gasteiger partial charge in [-0.25, -0.2) is 4.79 Å². The molecule has 2 N–H and O–H groups in total. The normalized spacial score (nSPS) is 7.73. The first-order valence-electron chi connectivity index (χ1n) is 3.10. The average molecular weight is 154 g/mol. The third kappa shape index (κ3) is 8.65. The summed E-state index contributed by atoms with van der Waals surface area (Å²) < 4.78 is 0. The molecule has 0 fully saturated rings. The van der Waals surface area contributed by atoms with Crippen molar-refractivity contribution in [1.82, 2.24) is 0 Å². The molecule has 60 valence electrons. The van der Waals surface area contributed by atoms with Gasteiger partial charge in [0.1, 0.15) is 6.61 Å². The van der Waals surface area contributed by atoms with Crippen LogP contribution in [0.15, 0.2) is 36.4 Å². The fraction of sp³-hybridized carbons (Fsp3) is 0.125. The lowest BCUT2D eigenvalue weighted by Crippen LogP contribution is -1.98. The van der Waals surface area contributed by atoms with E-state index in [9.17, 15) is 0 Å². The van der Waals surface area contributed by atoms with E-state index in [1.807, 2.05) is 36.4 Å². The average Bonchev–Trinajstić information content (AvgIpc) is 2.09. The summed E-state index contributed by atoms with van der Waals surface area (Å²) in [6.45, 7) is -0.778. The highest BCUT2D eigenvalue weighted by Gasteiger charge is 1.82. The van der Waals surface area contributed by atoms with Gasteiger partial charge in [-0.05, 0) is 0 Å². The van der Waals surface area contributed by atoms with Crippen molar-refractivity contribution in [3.05, 3.63) is 36.4 Å². The fourth-order valence-electron chi connectivity index (χ4n) is 0.385. The molecular formula is C8H10O3. The van der Waals surface area contributed by atoms with E-state index in [-0.39, 0.29) is 0 Å². The molecule has 0 amide bonds. The van der Waals surface area contributed by atoms with E-state index >= 15 is 0 Å². The Hall–Kier alpha value is -1.35. The molecule has 0 atom stereocenters. The van der Waals surface area contributed by atoms with Gasteiger partial charge < -0.3 is 10.2 Å². The van der Waals surface area contributed by atoms with Gasteiger partial charge in [-0.2, -0.15) is 0 Å². The Labute approximate surface area is 64.9 Å². The van der Waals surface area contributed by atoms with Crippen LogP contribution in [0.3, 0.4) is 0 Å². The van der Waals surface area contributed by atoms with E-state index in [0.29, 0.717) is 0 Å². The van der Waals surface area contributed by atoms with Crippen LogP contribution in [0, 0.1) is 0 Å². The lowest BCUT2D eigenvalue weighted by atomic mass is 10.4. The molecule has 1 aromatic rings. The predicted molar refractivity (Wildman–Crippen MR) is 41.2 cm³/mol. The van der Waals surface area contributed by atoms with Crippen molar-refractivity contribution >= 4 is 5.97 Å². The third-order valence-corrected chi connectivity index (χ3v) is 0.802. The zero-order valence-corrected chi connectivity index (χ0v) is 5.97. The number of hydrogen-bond acceptors (Lipinski definition) is 2. The van der Waals surface area contributed by atoms with Gasteiger partial charge in [0.25, 0.3) is 0 Å². The quantitative estimate of drug-likeness (QED) is 0.627. The van der Waals surface area contributed by atoms with E-state index < -0.39 is 12.6 Å². The number of carboxylic acids is 1. The molecular weight excluding hydrogens is 144 g/mol. The van der Waals surface area contributed by atoms with Crippen molar-refractivity contribution in [2.75, 3.05) is 6.61 Å². The number of aliphatic hydroxyl groups is 1. The zero-order valence-electron chi connectivity index (χ0n) is 5.97. The Morgan fingerprint density at radius 3 is 1.27 bits per heavy atom. The van der Waals surface area contributed by atoms with E-state index in [4.69, 9.17) is 15.0 Å². The molecule has 0 heterocycles. The fourth-order valence-corrected chi connectivity index (χ4v) is 0.385. The number of aliphatic carboxylic acids is 1. The maximum atomic E-state index is 9.12. The maximum absolute atomic E-state index is 9.12. The number of carboxylic acid groups (broad SMARTS) is 1. The second-order valence-electron chi connectivity index (χ2n) is 1.71. The molecule has 11 heavy (non-hydrogen) atoms. The van der Waals surface area contributed by atoms with Crippen molar-refractivity contribution in [3.8, 4) is 0 Å². The van der Waals surface area contributed by atoms with Crippen LogP contribution < -0.4 is 0 Å². The number of hydrogen-bond donors (Lipinski definition) is 2. The van der Waals surface area contributed by atoms with Crippen LogP contribution in [0.4, 0.5) is 0 Å². The van der Waals surface area contributed by atoms with Gasteiger partial charge in [-0.1, -0.05) is 36.4 Å². The standard InChI is InChI=1S/C6H6.C2H4O3/c1-2-4-6-5-3-1;3-1-2(4)5/h1-6H;3H,1H2,(H,4,5). The SMILES string of the molecule is O=C(O)CO.c1ccccc1. The van der Waals surface area contributed by atoms with Crippen molar-refractivity contribution in [2.24, 2.45) is 0 Å². The number of rotatable bonds is 1. The van der Waals surface area contributed by atoms with Crippen LogP contribution in [-0.4, -0.2) is 22.8 Å². The second-order valence-corrected chi connectivity index (χ2v) is 1.71. The molecule has 0 aliphatic heterocycles. The summed E-state index contributed by atoms with van der Waals surface area (Å²) in [5, 5.41) is 15.0. The molecule has 0 saturated carbocycles. The zero-order chi connectivity index (χ0) is 8.53. The van der Waals surface area contributed by atoms with Crippen molar-refractivity contribution in [1.29, 1.82) is 0 Å². The first-order valence-corrected chi connectivity index (χ1v) is 3.10. The Balaban J connectivity index is 0.000000187. The molecule has 1 aromatic carbocycles. The summed E-state index contributed by atoms with van der Waals surface area (Å²) in [7, 11) is 0. The minimum absolute atomic E-state index is 0.778. The molecule has 0 radical (unpaired) electrons. The maximum Gasteiger partial charge on any atom is 0.329 e. The largest absolute Gasteiger partial charge is 0.480 e. The van der Waals surface area contributed by atoms with Gasteiger partial charge in [-0.15, -0.1) is 0 Å². The molecule has 3 heteroatoms. The molecule has 0 aromatic heterocycles. The molecule has 3 nitrogen and oxygen atoms in total. The van der Waals surface area contributed by atoms with Gasteiger partial charge in [0, 0.05) is 0 Å². The summed E-state index contributed by atoms with van der Waals surface area (Å²) in [4.78, 5) is 9.12. The topological polar surface area (TPSA) is 57.5 Å². The van der Waals surface area contributed by atoms with Crippen LogP contribution in [0.2, 0.25) is 0 Å². The Bertz CT molecular complexity index is 157. The first kappa shape index (κ1) is 9.65. The predicted octanol–water partition coefficient (Wildman–Crippen LogP) is 0.750. The molecule has 0 spiro atoms. The highest BCUT2D eigenvalue weighted by atomic mass is 16.4. The molecule has 0 unspecified atom stereocenters. The summed E-state index contributed by atoms with van der Waals surface area (Å²) >= 11 is 0. The highest BCUT2D eigenvalue weighted by molar-refractivity contribution is 5.67. The summed E-state index contributed by atoms with van der Waals surface area (Å²) in [6, 6.07) is 12.0. The van der Waals surface area contributed by atoms with Gasteiger partial charge in [0.2, 0.25) is 0 Å². The summed E-state index contributed by atoms with van der Waals surface area (Å²) in [5.74, 6) is -1.19. The van der Waals surface area contributed by atoms with Crippen molar-refractivity contribution in [3.63, 3.8) is 0 Å². The minimum Gasteiger partial charge on any atom is -0.480 e. The summed E-state index contributed by atoms with van der Waals surface area (Å²) in [6.07, 6.45) is 0. The van der Waals surface area contributed by atoms with Crippen LogP contribution in [0.25, 0.3) is 0 Å². The third-order valence-electron chi connectivity index (χ3n) is 0.802. The van der Waals surface area contributed by atoms with Crippen LogP contribution in [-0.2, 0) is 4.79 Å². The van der Waals surface area contributed by atoms with Crippen molar-refractivity contribution in [2.45, 2.75) is 0 Å². The molecule has 0 bridgehead atoms. The van der Waals surface area contributed by atoms with E-state index in [0.717, 1.165) is 0 Å². The molecule has 1 rings (SSSR count). The van der Waals surface area contributed by atoms with Crippen molar-refractivity contribution < 1.29 is 15.0 Å². The number of benzene rings is 1. The van der Waals surface area contributed by atoms with Gasteiger partial charge in [0.05, 0.1) is 0 Å². The minimum atomic E-state index is -1.19. The van der Waals surface area contributed by atoms with Crippen LogP contribution >= 0.6 is 0 Å². The van der Waals surface area contributed by atoms with Crippen LogP contribution in [0.5, 0.6) is 0 Å². The Kier molecular flexibility index (Phi) is 5.94. The molecule has 0 aliphatic carbocycles. The van der Waals surface area contributed by atoms with E-state index in [2.05, 4.69) is 0 Å². The lowest BCUT2D eigenvalue weighted by Gasteiger charge is -1.72. The van der Waals surface area contributed by atoms with Gasteiger partial charge in [0.15, 0.2) is 0 Å². The smallest absolute Gasteiger partial charge is 0.329 e. The second kappa shape index (κ2) is 6.77. The van der Waals surface area contributed by atoms with E-state index in [1.165, 1.54) is 0 Å². The number of aliphatic hydroxyl groups excluding tert-OH is 1. The molecule has 0 saturated heterocycles. The Morgan fingerprint density at radius 2 is 1.18 bits per heavy atom. The first-order chi connectivity index (χ1) is 5.27. The van der Waals surface area contributed by atoms with Crippen LogP contribution in [0.1, 0.15) is 0 Å². The number of carbonyl (C=O) groups is 1. The molecule has 0 aliphatic rings. The van der Waals surface area contributed by atoms with Gasteiger partial charge >= 0.3 is 5.97 Å². The monoisotopic (exact) mass is 154 g/mol.